The van der Waals surface area contributed by atoms with Gasteiger partial charge in [-0.3, -0.25) is 0 Å². The quantitative estimate of drug-likeness (QED) is 0.613. The maximum atomic E-state index is 13.3. The van der Waals surface area contributed by atoms with Crippen molar-refractivity contribution in [2.45, 2.75) is 63.6 Å². The first kappa shape index (κ1) is 19.6. The molecule has 2 heterocycles. The number of fused-ring (bicyclic) bond motifs is 1. The molecule has 5 rings (SSSR count). The fraction of sp³-hybridized carbons (Fsp3) is 0.480. The Labute approximate surface area is 178 Å². The molecular weight excluding hydrogens is 375 g/mol. The number of hydrogen-bond acceptors (Lipinski definition) is 3. The average Bonchev–Trinajstić information content (AvgIpc) is 3.13. The van der Waals surface area contributed by atoms with E-state index in [1.807, 2.05) is 18.2 Å². The van der Waals surface area contributed by atoms with E-state index >= 15 is 0 Å². The Bertz CT molecular complexity index is 966. The molecule has 2 aromatic carbocycles. The van der Waals surface area contributed by atoms with Crippen molar-refractivity contribution in [1.82, 2.24) is 14.5 Å². The van der Waals surface area contributed by atoms with E-state index in [1.54, 1.807) is 0 Å². The van der Waals surface area contributed by atoms with Crippen molar-refractivity contribution in [2.24, 2.45) is 0 Å². The van der Waals surface area contributed by atoms with Crippen LogP contribution in [0.1, 0.15) is 50.5 Å². The van der Waals surface area contributed by atoms with Gasteiger partial charge in [0.2, 0.25) is 5.95 Å². The van der Waals surface area contributed by atoms with Crippen LogP contribution in [0.5, 0.6) is 0 Å². The Morgan fingerprint density at radius 3 is 2.40 bits per heavy atom. The van der Waals surface area contributed by atoms with Gasteiger partial charge in [-0.15, -0.1) is 0 Å². The molecule has 1 aliphatic heterocycles. The highest BCUT2D eigenvalue weighted by atomic mass is 19.1. The van der Waals surface area contributed by atoms with Crippen LogP contribution in [0, 0.1) is 5.82 Å². The smallest absolute Gasteiger partial charge is 0.204 e. The van der Waals surface area contributed by atoms with E-state index in [-0.39, 0.29) is 5.82 Å². The van der Waals surface area contributed by atoms with Crippen molar-refractivity contribution in [1.29, 1.82) is 0 Å². The minimum atomic E-state index is -0.197. The van der Waals surface area contributed by atoms with Crippen molar-refractivity contribution in [3.63, 3.8) is 0 Å². The van der Waals surface area contributed by atoms with Crippen LogP contribution in [0.4, 0.5) is 10.3 Å². The van der Waals surface area contributed by atoms with Crippen LogP contribution in [0.15, 0.2) is 48.5 Å². The molecule has 0 amide bonds. The van der Waals surface area contributed by atoms with Gasteiger partial charge in [-0.2, -0.15) is 0 Å². The Balaban J connectivity index is 1.31. The molecule has 30 heavy (non-hydrogen) atoms. The fourth-order valence-electron chi connectivity index (χ4n) is 5.16. The largest absolute Gasteiger partial charge is 0.353 e. The first-order valence-electron chi connectivity index (χ1n) is 11.5. The lowest BCUT2D eigenvalue weighted by atomic mass is 9.92. The van der Waals surface area contributed by atoms with Gasteiger partial charge in [-0.25, -0.2) is 9.37 Å². The van der Waals surface area contributed by atoms with Crippen LogP contribution in [-0.2, 0) is 6.54 Å². The molecule has 1 saturated carbocycles. The van der Waals surface area contributed by atoms with Crippen molar-refractivity contribution in [3.05, 3.63) is 59.9 Å². The van der Waals surface area contributed by atoms with Gasteiger partial charge >= 0.3 is 0 Å². The predicted molar refractivity (Wildman–Crippen MR) is 120 cm³/mol. The number of halogens is 1. The van der Waals surface area contributed by atoms with Gasteiger partial charge in [0.1, 0.15) is 5.82 Å². The number of piperidine rings is 1. The molecule has 4 nitrogen and oxygen atoms in total. The molecule has 5 heteroatoms. The van der Waals surface area contributed by atoms with Gasteiger partial charge in [-0.05, 0) is 55.5 Å². The summed E-state index contributed by atoms with van der Waals surface area (Å²) in [4.78, 5) is 7.61. The summed E-state index contributed by atoms with van der Waals surface area (Å²) in [5.41, 5.74) is 3.19. The summed E-state index contributed by atoms with van der Waals surface area (Å²) in [5, 5.41) is 3.75. The average molecular weight is 407 g/mol. The van der Waals surface area contributed by atoms with Gasteiger partial charge < -0.3 is 14.8 Å². The number of benzene rings is 2. The summed E-state index contributed by atoms with van der Waals surface area (Å²) in [5.74, 6) is 0.731. The lowest BCUT2D eigenvalue weighted by molar-refractivity contribution is 0.126. The third-order valence-electron chi connectivity index (χ3n) is 6.86. The highest BCUT2D eigenvalue weighted by molar-refractivity contribution is 5.78. The summed E-state index contributed by atoms with van der Waals surface area (Å²) < 4.78 is 15.6. The Kier molecular flexibility index (Phi) is 5.71. The van der Waals surface area contributed by atoms with E-state index in [2.05, 4.69) is 33.0 Å². The first-order chi connectivity index (χ1) is 14.8. The normalized spacial score (nSPS) is 19.4. The second-order valence-corrected chi connectivity index (χ2v) is 8.88. The highest BCUT2D eigenvalue weighted by Gasteiger charge is 2.27. The molecule has 3 aromatic rings. The van der Waals surface area contributed by atoms with Crippen LogP contribution >= 0.6 is 0 Å². The summed E-state index contributed by atoms with van der Waals surface area (Å²) in [6, 6.07) is 16.3. The molecule has 0 unspecified atom stereocenters. The number of likely N-dealkylation sites (tertiary alicyclic amines) is 1. The SMILES string of the molecule is Fc1ccc(Cn2c(NC3CCN(C4CCCCC4)CC3)nc3ccccc32)cc1. The van der Waals surface area contributed by atoms with Gasteiger partial charge in [0.25, 0.3) is 0 Å². The lowest BCUT2D eigenvalue weighted by Crippen LogP contribution is -2.45. The van der Waals surface area contributed by atoms with Crippen molar-refractivity contribution in [2.75, 3.05) is 18.4 Å². The molecule has 0 radical (unpaired) electrons. The zero-order valence-electron chi connectivity index (χ0n) is 17.6. The number of hydrogen-bond donors (Lipinski definition) is 1. The number of para-hydroxylation sites is 2. The standard InChI is InChI=1S/C25H31FN4/c26-20-12-10-19(11-13-20)18-30-24-9-5-4-8-23(24)28-25(30)27-21-14-16-29(17-15-21)22-6-2-1-3-7-22/h4-5,8-13,21-22H,1-3,6-7,14-18H2,(H,27,28). The van der Waals surface area contributed by atoms with Gasteiger partial charge in [0, 0.05) is 25.2 Å². The van der Waals surface area contributed by atoms with Gasteiger partial charge in [-0.1, -0.05) is 43.5 Å². The van der Waals surface area contributed by atoms with Gasteiger partial charge in [0.05, 0.1) is 17.6 Å². The topological polar surface area (TPSA) is 33.1 Å². The third kappa shape index (κ3) is 4.22. The summed E-state index contributed by atoms with van der Waals surface area (Å²) in [6.07, 6.45) is 9.30. The summed E-state index contributed by atoms with van der Waals surface area (Å²) in [6.45, 7) is 3.05. The van der Waals surface area contributed by atoms with Gasteiger partial charge in [0.15, 0.2) is 0 Å². The minimum absolute atomic E-state index is 0.197. The fourth-order valence-corrected chi connectivity index (χ4v) is 5.16. The maximum Gasteiger partial charge on any atom is 0.204 e. The van der Waals surface area contributed by atoms with Crippen molar-refractivity contribution in [3.8, 4) is 0 Å². The molecule has 1 saturated heterocycles. The molecule has 2 fully saturated rings. The molecule has 1 N–H and O–H groups in total. The van der Waals surface area contributed by atoms with E-state index in [1.165, 1.54) is 57.3 Å². The van der Waals surface area contributed by atoms with Crippen LogP contribution in [-0.4, -0.2) is 39.6 Å². The molecule has 0 atom stereocenters. The molecule has 0 bridgehead atoms. The molecule has 0 spiro atoms. The summed E-state index contributed by atoms with van der Waals surface area (Å²) in [7, 11) is 0. The Hall–Kier alpha value is -2.40. The summed E-state index contributed by atoms with van der Waals surface area (Å²) >= 11 is 0. The number of nitrogens with zero attached hydrogens (tertiary/aromatic N) is 3. The Morgan fingerprint density at radius 2 is 1.63 bits per heavy atom. The van der Waals surface area contributed by atoms with E-state index in [0.29, 0.717) is 12.6 Å². The number of rotatable bonds is 5. The molecule has 1 aliphatic carbocycles. The molecule has 1 aromatic heterocycles. The van der Waals surface area contributed by atoms with Crippen LogP contribution in [0.25, 0.3) is 11.0 Å². The van der Waals surface area contributed by atoms with E-state index in [9.17, 15) is 4.39 Å². The highest BCUT2D eigenvalue weighted by Crippen LogP contribution is 2.27. The van der Waals surface area contributed by atoms with Crippen molar-refractivity contribution < 1.29 is 4.39 Å². The molecular formula is C25H31FN4. The molecule has 158 valence electrons. The van der Waals surface area contributed by atoms with Crippen LogP contribution in [0.2, 0.25) is 0 Å². The molecule has 2 aliphatic rings. The van der Waals surface area contributed by atoms with E-state index < -0.39 is 0 Å². The number of aromatic nitrogens is 2. The first-order valence-corrected chi connectivity index (χ1v) is 11.5. The number of imidazole rings is 1. The van der Waals surface area contributed by atoms with Crippen LogP contribution in [0.3, 0.4) is 0 Å². The maximum absolute atomic E-state index is 13.3. The zero-order chi connectivity index (χ0) is 20.3. The predicted octanol–water partition coefficient (Wildman–Crippen LogP) is 5.43. The monoisotopic (exact) mass is 406 g/mol. The minimum Gasteiger partial charge on any atom is -0.353 e. The third-order valence-corrected chi connectivity index (χ3v) is 6.86. The van der Waals surface area contributed by atoms with Crippen molar-refractivity contribution >= 4 is 17.0 Å². The lowest BCUT2D eigenvalue weighted by Gasteiger charge is -2.39. The Morgan fingerprint density at radius 1 is 0.900 bits per heavy atom. The number of anilines is 1. The second kappa shape index (κ2) is 8.76. The van der Waals surface area contributed by atoms with E-state index in [0.717, 1.165) is 41.4 Å². The second-order valence-electron chi connectivity index (χ2n) is 8.88. The zero-order valence-corrected chi connectivity index (χ0v) is 17.6. The van der Waals surface area contributed by atoms with Crippen LogP contribution < -0.4 is 5.32 Å². The number of nitrogens with one attached hydrogen (secondary N) is 1. The van der Waals surface area contributed by atoms with E-state index in [4.69, 9.17) is 4.98 Å².